The van der Waals surface area contributed by atoms with Crippen LogP contribution < -0.4 is 5.32 Å². The number of benzene rings is 1. The van der Waals surface area contributed by atoms with E-state index in [1.54, 1.807) is 16.8 Å². The van der Waals surface area contributed by atoms with Crippen LogP contribution in [0, 0.1) is 13.8 Å². The number of halogens is 1. The predicted molar refractivity (Wildman–Crippen MR) is 96.8 cm³/mol. The molecule has 130 valence electrons. The summed E-state index contributed by atoms with van der Waals surface area (Å²) >= 11 is 7.28. The van der Waals surface area contributed by atoms with E-state index in [4.69, 9.17) is 16.0 Å². The van der Waals surface area contributed by atoms with Gasteiger partial charge in [0.05, 0.1) is 33.4 Å². The van der Waals surface area contributed by atoms with Gasteiger partial charge >= 0.3 is 0 Å². The van der Waals surface area contributed by atoms with Crippen molar-refractivity contribution in [3.63, 3.8) is 0 Å². The zero-order chi connectivity index (χ0) is 18.0. The number of amides is 1. The lowest BCUT2D eigenvalue weighted by atomic mass is 10.2. The van der Waals surface area contributed by atoms with Crippen LogP contribution in [0.25, 0.3) is 11.5 Å². The molecule has 0 atom stereocenters. The van der Waals surface area contributed by atoms with Gasteiger partial charge in [-0.15, -0.1) is 10.2 Å². The number of carbonyl (C=O) groups excluding carboxylic acids is 1. The SMILES string of the molecule is Cc1nn(C)c(C)c1NC(=O)CSc1nnc(-c2ccccc2Cl)o1. The third-order valence-electron chi connectivity index (χ3n) is 3.61. The fraction of sp³-hybridized carbons (Fsp3) is 0.250. The summed E-state index contributed by atoms with van der Waals surface area (Å²) in [5.41, 5.74) is 3.07. The Hall–Kier alpha value is -2.32. The van der Waals surface area contributed by atoms with E-state index >= 15 is 0 Å². The van der Waals surface area contributed by atoms with Gasteiger partial charge in [0, 0.05) is 7.05 Å². The minimum atomic E-state index is -0.165. The highest BCUT2D eigenvalue weighted by Gasteiger charge is 2.15. The molecule has 0 unspecified atom stereocenters. The van der Waals surface area contributed by atoms with E-state index in [1.807, 2.05) is 33.0 Å². The maximum atomic E-state index is 12.2. The zero-order valence-electron chi connectivity index (χ0n) is 13.9. The second-order valence-corrected chi connectivity index (χ2v) is 6.69. The lowest BCUT2D eigenvalue weighted by molar-refractivity contribution is -0.113. The Kier molecular flexibility index (Phi) is 5.10. The number of anilines is 1. The highest BCUT2D eigenvalue weighted by Crippen LogP contribution is 2.28. The molecule has 1 amide bonds. The third kappa shape index (κ3) is 3.85. The number of carbonyl (C=O) groups is 1. The standard InChI is InChI=1S/C16H16ClN5O2S/c1-9-14(10(2)22(3)21-9)18-13(23)8-25-16-20-19-15(24-16)11-6-4-5-7-12(11)17/h4-7H,8H2,1-3H3,(H,18,23). The van der Waals surface area contributed by atoms with Crippen molar-refractivity contribution in [3.05, 3.63) is 40.7 Å². The van der Waals surface area contributed by atoms with Gasteiger partial charge < -0.3 is 9.73 Å². The summed E-state index contributed by atoms with van der Waals surface area (Å²) in [6.45, 7) is 3.75. The number of nitrogens with zero attached hydrogens (tertiary/aromatic N) is 4. The van der Waals surface area contributed by atoms with Crippen LogP contribution in [-0.2, 0) is 11.8 Å². The van der Waals surface area contributed by atoms with E-state index in [2.05, 4.69) is 20.6 Å². The molecule has 2 aromatic heterocycles. The molecule has 1 N–H and O–H groups in total. The van der Waals surface area contributed by atoms with Crippen molar-refractivity contribution < 1.29 is 9.21 Å². The molecule has 0 aliphatic heterocycles. The summed E-state index contributed by atoms with van der Waals surface area (Å²) in [6.07, 6.45) is 0. The normalized spacial score (nSPS) is 10.9. The van der Waals surface area contributed by atoms with Gasteiger partial charge in [0.2, 0.25) is 11.8 Å². The van der Waals surface area contributed by atoms with Gasteiger partial charge in [-0.25, -0.2) is 0 Å². The van der Waals surface area contributed by atoms with Crippen LogP contribution in [0.4, 0.5) is 5.69 Å². The van der Waals surface area contributed by atoms with Gasteiger partial charge in [0.25, 0.3) is 5.22 Å². The molecule has 9 heteroatoms. The van der Waals surface area contributed by atoms with E-state index in [-0.39, 0.29) is 11.7 Å². The molecule has 0 saturated heterocycles. The molecular weight excluding hydrogens is 362 g/mol. The summed E-state index contributed by atoms with van der Waals surface area (Å²) in [7, 11) is 1.83. The summed E-state index contributed by atoms with van der Waals surface area (Å²) in [4.78, 5) is 12.2. The average molecular weight is 378 g/mol. The number of aromatic nitrogens is 4. The summed E-state index contributed by atoms with van der Waals surface area (Å²) in [5, 5.41) is 15.9. The maximum Gasteiger partial charge on any atom is 0.277 e. The van der Waals surface area contributed by atoms with E-state index in [9.17, 15) is 4.79 Å². The average Bonchev–Trinajstić information content (AvgIpc) is 3.14. The number of aryl methyl sites for hydroxylation is 2. The molecule has 0 spiro atoms. The third-order valence-corrected chi connectivity index (χ3v) is 4.76. The van der Waals surface area contributed by atoms with Crippen LogP contribution in [0.15, 0.2) is 33.9 Å². The van der Waals surface area contributed by atoms with Crippen molar-refractivity contribution in [3.8, 4) is 11.5 Å². The Morgan fingerprint density at radius 1 is 1.32 bits per heavy atom. The molecule has 2 heterocycles. The van der Waals surface area contributed by atoms with Crippen molar-refractivity contribution in [2.45, 2.75) is 19.1 Å². The second-order valence-electron chi connectivity index (χ2n) is 5.36. The first-order valence-electron chi connectivity index (χ1n) is 7.47. The number of hydrogen-bond acceptors (Lipinski definition) is 6. The Morgan fingerprint density at radius 3 is 2.76 bits per heavy atom. The minimum absolute atomic E-state index is 0.151. The smallest absolute Gasteiger partial charge is 0.277 e. The molecule has 25 heavy (non-hydrogen) atoms. The number of nitrogens with one attached hydrogen (secondary N) is 1. The Morgan fingerprint density at radius 2 is 2.08 bits per heavy atom. The highest BCUT2D eigenvalue weighted by molar-refractivity contribution is 7.99. The molecule has 0 bridgehead atoms. The van der Waals surface area contributed by atoms with Crippen LogP contribution in [0.1, 0.15) is 11.4 Å². The number of thioether (sulfide) groups is 1. The lowest BCUT2D eigenvalue weighted by Crippen LogP contribution is -2.15. The minimum Gasteiger partial charge on any atom is -0.411 e. The van der Waals surface area contributed by atoms with Gasteiger partial charge in [-0.05, 0) is 26.0 Å². The van der Waals surface area contributed by atoms with E-state index in [1.165, 1.54) is 11.8 Å². The van der Waals surface area contributed by atoms with Crippen molar-refractivity contribution in [2.24, 2.45) is 7.05 Å². The van der Waals surface area contributed by atoms with Gasteiger partial charge in [-0.1, -0.05) is 35.5 Å². The Bertz CT molecular complexity index is 921. The molecule has 7 nitrogen and oxygen atoms in total. The molecule has 0 saturated carbocycles. The van der Waals surface area contributed by atoms with Gasteiger partial charge in [-0.3, -0.25) is 9.48 Å². The number of hydrogen-bond donors (Lipinski definition) is 1. The summed E-state index contributed by atoms with van der Waals surface area (Å²) in [5.74, 6) is 0.312. The van der Waals surface area contributed by atoms with Crippen molar-refractivity contribution >= 4 is 35.0 Å². The number of rotatable bonds is 5. The monoisotopic (exact) mass is 377 g/mol. The van der Waals surface area contributed by atoms with Gasteiger partial charge in [0.15, 0.2) is 0 Å². The van der Waals surface area contributed by atoms with Crippen LogP contribution in [-0.4, -0.2) is 31.6 Å². The molecule has 1 aromatic carbocycles. The van der Waals surface area contributed by atoms with Crippen LogP contribution in [0.3, 0.4) is 0 Å². The van der Waals surface area contributed by atoms with Crippen molar-refractivity contribution in [1.82, 2.24) is 20.0 Å². The fourth-order valence-electron chi connectivity index (χ4n) is 2.27. The van der Waals surface area contributed by atoms with Crippen molar-refractivity contribution in [1.29, 1.82) is 0 Å². The molecule has 3 aromatic rings. The van der Waals surface area contributed by atoms with Gasteiger partial charge in [-0.2, -0.15) is 5.10 Å². The largest absolute Gasteiger partial charge is 0.411 e. The first-order chi connectivity index (χ1) is 12.0. The molecule has 0 fully saturated rings. The van der Waals surface area contributed by atoms with Crippen LogP contribution in [0.2, 0.25) is 5.02 Å². The second kappa shape index (κ2) is 7.28. The lowest BCUT2D eigenvalue weighted by Gasteiger charge is -2.04. The topological polar surface area (TPSA) is 85.8 Å². The van der Waals surface area contributed by atoms with Crippen molar-refractivity contribution in [2.75, 3.05) is 11.1 Å². The molecule has 0 aliphatic carbocycles. The Labute approximate surface area is 153 Å². The van der Waals surface area contributed by atoms with E-state index < -0.39 is 0 Å². The Balaban J connectivity index is 1.62. The quantitative estimate of drug-likeness (QED) is 0.685. The zero-order valence-corrected chi connectivity index (χ0v) is 15.5. The van der Waals surface area contributed by atoms with Crippen LogP contribution >= 0.6 is 23.4 Å². The summed E-state index contributed by atoms with van der Waals surface area (Å²) in [6, 6.07) is 7.21. The highest BCUT2D eigenvalue weighted by atomic mass is 35.5. The fourth-order valence-corrected chi connectivity index (χ4v) is 3.05. The molecule has 0 aliphatic rings. The maximum absolute atomic E-state index is 12.2. The first-order valence-corrected chi connectivity index (χ1v) is 8.83. The predicted octanol–water partition coefficient (Wildman–Crippen LogP) is 3.47. The molecule has 0 radical (unpaired) electrons. The van der Waals surface area contributed by atoms with E-state index in [0.29, 0.717) is 21.7 Å². The van der Waals surface area contributed by atoms with Gasteiger partial charge in [0.1, 0.15) is 0 Å². The van der Waals surface area contributed by atoms with Crippen LogP contribution in [0.5, 0.6) is 0 Å². The van der Waals surface area contributed by atoms with E-state index in [0.717, 1.165) is 17.1 Å². The summed E-state index contributed by atoms with van der Waals surface area (Å²) < 4.78 is 7.29. The molecule has 3 rings (SSSR count). The first kappa shape index (κ1) is 17.5. The molecular formula is C16H16ClN5O2S.